The highest BCUT2D eigenvalue weighted by atomic mass is 14.4. The minimum atomic E-state index is 0. The van der Waals surface area contributed by atoms with Crippen molar-refractivity contribution in [3.8, 4) is 0 Å². The van der Waals surface area contributed by atoms with Gasteiger partial charge in [-0.1, -0.05) is 195 Å². The van der Waals surface area contributed by atoms with Gasteiger partial charge >= 0.3 is 0 Å². The first-order valence-electron chi connectivity index (χ1n) is 22.1. The fraction of sp³-hybridized carbons (Fsp3) is 1.00. The summed E-state index contributed by atoms with van der Waals surface area (Å²) in [6.45, 7) is 31.0. The van der Waals surface area contributed by atoms with Crippen molar-refractivity contribution in [2.24, 2.45) is 75.9 Å². The maximum Gasteiger partial charge on any atom is -0.0321 e. The Kier molecular flexibility index (Phi) is 24.3. The van der Waals surface area contributed by atoms with Crippen molar-refractivity contribution in [3.05, 3.63) is 0 Å². The summed E-state index contributed by atoms with van der Waals surface area (Å²) in [7, 11) is 0. The number of hydrogen-bond acceptors (Lipinski definition) is 0. The van der Waals surface area contributed by atoms with Crippen LogP contribution in [-0.2, 0) is 0 Å². The van der Waals surface area contributed by atoms with Crippen LogP contribution in [0.4, 0.5) is 0 Å². The standard InChI is InChI=1S/C17H32.C15H28.C12H24.C3H8.2CH4/c1-12-5-7-16(9-14(12)3)11-17-8-6-13(2)15(4)10-17;1-12-3-7-14(8-4-12)11-15-9-5-13(2)6-10-15;1-6-12(5)8-10(2)7-11(3,4)9-12;1-3-2;;/h12-17H,5-11H2,1-4H3;12-15H,3-11H2,1-2H3;10H,6-9H2,1-5H3;3H2,1-2H3;2*1H4. The van der Waals surface area contributed by atoms with Gasteiger partial charge in [0.25, 0.3) is 0 Å². The molecule has 0 aromatic carbocycles. The Morgan fingerprint density at radius 3 is 1.10 bits per heavy atom. The average molecular weight is 689 g/mol. The summed E-state index contributed by atoms with van der Waals surface area (Å²) in [5.74, 6) is 11.2. The van der Waals surface area contributed by atoms with E-state index in [1.165, 1.54) is 122 Å². The van der Waals surface area contributed by atoms with Crippen LogP contribution in [0.1, 0.15) is 240 Å². The van der Waals surface area contributed by atoms with Gasteiger partial charge in [-0.2, -0.15) is 0 Å². The fourth-order valence-corrected chi connectivity index (χ4v) is 11.2. The zero-order valence-corrected chi connectivity index (χ0v) is 35.2. The van der Waals surface area contributed by atoms with Crippen molar-refractivity contribution < 1.29 is 0 Å². The molecule has 5 aliphatic carbocycles. The molecule has 5 fully saturated rings. The zero-order valence-electron chi connectivity index (χ0n) is 35.2. The summed E-state index contributed by atoms with van der Waals surface area (Å²) in [5, 5.41) is 0. The Labute approximate surface area is 314 Å². The van der Waals surface area contributed by atoms with Crippen LogP contribution in [0.3, 0.4) is 0 Å². The lowest BCUT2D eigenvalue weighted by Crippen LogP contribution is -2.34. The van der Waals surface area contributed by atoms with Crippen LogP contribution in [0.5, 0.6) is 0 Å². The Hall–Kier alpha value is 0. The second kappa shape index (κ2) is 24.3. The minimum absolute atomic E-state index is 0. The minimum Gasteiger partial charge on any atom is -0.0776 e. The van der Waals surface area contributed by atoms with Crippen LogP contribution in [0.25, 0.3) is 0 Å². The highest BCUT2D eigenvalue weighted by molar-refractivity contribution is 4.89. The third-order valence-corrected chi connectivity index (χ3v) is 14.5. The van der Waals surface area contributed by atoms with E-state index in [-0.39, 0.29) is 14.9 Å². The Morgan fingerprint density at radius 2 is 0.776 bits per heavy atom. The van der Waals surface area contributed by atoms with Crippen LogP contribution in [0.2, 0.25) is 0 Å². The highest BCUT2D eigenvalue weighted by Crippen LogP contribution is 2.50. The molecular weight excluding hydrogens is 589 g/mol. The SMILES string of the molecule is C.C.CC1CCC(CC2CCC(C)C(C)C2)CC1C.CC1CCC(CC2CCC(C)CC2)CC1.CCC.CCC1(C)CC(C)CC(C)(C)C1. The van der Waals surface area contributed by atoms with Gasteiger partial charge in [0.05, 0.1) is 0 Å². The molecule has 0 saturated heterocycles. The van der Waals surface area contributed by atoms with E-state index in [0.717, 1.165) is 65.1 Å². The van der Waals surface area contributed by atoms with Crippen molar-refractivity contribution in [3.63, 3.8) is 0 Å². The average Bonchev–Trinajstić information content (AvgIpc) is 2.99. The van der Waals surface area contributed by atoms with E-state index in [4.69, 9.17) is 0 Å². The molecule has 0 radical (unpaired) electrons. The van der Waals surface area contributed by atoms with E-state index in [1.807, 2.05) is 0 Å². The van der Waals surface area contributed by atoms with E-state index in [2.05, 4.69) is 90.0 Å². The smallest absolute Gasteiger partial charge is 0.0321 e. The number of rotatable bonds is 5. The lowest BCUT2D eigenvalue weighted by Gasteiger charge is -2.45. The molecule has 8 unspecified atom stereocenters. The molecule has 0 heterocycles. The summed E-state index contributed by atoms with van der Waals surface area (Å²) in [5.41, 5.74) is 1.21. The molecule has 0 amide bonds. The van der Waals surface area contributed by atoms with Crippen molar-refractivity contribution in [1.29, 1.82) is 0 Å². The summed E-state index contributed by atoms with van der Waals surface area (Å²) in [6.07, 6.45) is 31.2. The molecule has 0 heteroatoms. The first-order chi connectivity index (χ1) is 22.1. The van der Waals surface area contributed by atoms with E-state index in [9.17, 15) is 0 Å². The molecule has 0 aromatic heterocycles. The quantitative estimate of drug-likeness (QED) is 0.270. The van der Waals surface area contributed by atoms with Crippen molar-refractivity contribution >= 4 is 0 Å². The Balaban J connectivity index is 0.000000672. The first kappa shape index (κ1) is 49.0. The van der Waals surface area contributed by atoms with Gasteiger partial charge in [-0.05, 0) is 121 Å². The lowest BCUT2D eigenvalue weighted by molar-refractivity contribution is 0.0582. The van der Waals surface area contributed by atoms with E-state index < -0.39 is 0 Å². The van der Waals surface area contributed by atoms with Crippen molar-refractivity contribution in [2.45, 2.75) is 240 Å². The zero-order chi connectivity index (χ0) is 35.2. The van der Waals surface area contributed by atoms with Crippen molar-refractivity contribution in [1.82, 2.24) is 0 Å². The van der Waals surface area contributed by atoms with E-state index in [0.29, 0.717) is 10.8 Å². The molecule has 0 spiro atoms. The molecule has 0 nitrogen and oxygen atoms in total. The maximum absolute atomic E-state index is 2.47. The Bertz CT molecular complexity index is 734. The molecule has 8 atom stereocenters. The second-order valence-electron chi connectivity index (χ2n) is 20.7. The van der Waals surface area contributed by atoms with Gasteiger partial charge < -0.3 is 0 Å². The fourth-order valence-electron chi connectivity index (χ4n) is 11.2. The predicted molar refractivity (Wildman–Crippen MR) is 227 cm³/mol. The molecule has 0 N–H and O–H groups in total. The Morgan fingerprint density at radius 1 is 0.429 bits per heavy atom. The normalized spacial score (nSPS) is 40.2. The topological polar surface area (TPSA) is 0 Å². The molecule has 5 rings (SSSR count). The molecule has 296 valence electrons. The molecular formula is C49H100. The lowest BCUT2D eigenvalue weighted by atomic mass is 9.60. The molecule has 0 aromatic rings. The summed E-state index contributed by atoms with van der Waals surface area (Å²) in [4.78, 5) is 0. The van der Waals surface area contributed by atoms with E-state index in [1.54, 1.807) is 12.8 Å². The molecule has 0 aliphatic heterocycles. The van der Waals surface area contributed by atoms with Gasteiger partial charge in [0.1, 0.15) is 0 Å². The molecule has 49 heavy (non-hydrogen) atoms. The van der Waals surface area contributed by atoms with Crippen LogP contribution < -0.4 is 0 Å². The van der Waals surface area contributed by atoms with Gasteiger partial charge in [0.15, 0.2) is 0 Å². The van der Waals surface area contributed by atoms with Gasteiger partial charge in [-0.3, -0.25) is 0 Å². The predicted octanol–water partition coefficient (Wildman–Crippen LogP) is 17.5. The van der Waals surface area contributed by atoms with Crippen LogP contribution in [0.15, 0.2) is 0 Å². The summed E-state index contributed by atoms with van der Waals surface area (Å²) >= 11 is 0. The summed E-state index contributed by atoms with van der Waals surface area (Å²) < 4.78 is 0. The molecule has 5 saturated carbocycles. The van der Waals surface area contributed by atoms with Crippen molar-refractivity contribution in [2.75, 3.05) is 0 Å². The van der Waals surface area contributed by atoms with E-state index >= 15 is 0 Å². The number of hydrogen-bond donors (Lipinski definition) is 0. The highest BCUT2D eigenvalue weighted by Gasteiger charge is 2.38. The van der Waals surface area contributed by atoms with Crippen LogP contribution >= 0.6 is 0 Å². The third kappa shape index (κ3) is 19.1. The van der Waals surface area contributed by atoms with Gasteiger partial charge in [0.2, 0.25) is 0 Å². The van der Waals surface area contributed by atoms with Gasteiger partial charge in [-0.15, -0.1) is 0 Å². The maximum atomic E-state index is 2.47. The van der Waals surface area contributed by atoms with Gasteiger partial charge in [-0.25, -0.2) is 0 Å². The largest absolute Gasteiger partial charge is 0.0776 e. The molecule has 5 aliphatic rings. The molecule has 0 bridgehead atoms. The monoisotopic (exact) mass is 689 g/mol. The van der Waals surface area contributed by atoms with Crippen LogP contribution in [-0.4, -0.2) is 0 Å². The summed E-state index contributed by atoms with van der Waals surface area (Å²) in [6, 6.07) is 0. The van der Waals surface area contributed by atoms with Gasteiger partial charge in [0, 0.05) is 0 Å². The van der Waals surface area contributed by atoms with Crippen LogP contribution in [0, 0.1) is 75.9 Å². The third-order valence-electron chi connectivity index (χ3n) is 14.5. The second-order valence-corrected chi connectivity index (χ2v) is 20.7. The first-order valence-corrected chi connectivity index (χ1v) is 22.1.